The molecule has 3 aromatic rings. The van der Waals surface area contributed by atoms with Gasteiger partial charge in [0.2, 0.25) is 5.91 Å². The van der Waals surface area contributed by atoms with Gasteiger partial charge in [0.15, 0.2) is 5.82 Å². The Balaban J connectivity index is 1.53. The predicted molar refractivity (Wildman–Crippen MR) is 100 cm³/mol. The molecule has 0 aliphatic carbocycles. The molecule has 1 atom stereocenters. The molecule has 1 saturated heterocycles. The number of amides is 1. The van der Waals surface area contributed by atoms with Crippen LogP contribution >= 0.6 is 0 Å². The quantitative estimate of drug-likeness (QED) is 0.784. The Kier molecular flexibility index (Phi) is 4.52. The summed E-state index contributed by atoms with van der Waals surface area (Å²) in [6.45, 7) is 2.82. The lowest BCUT2D eigenvalue weighted by atomic mass is 10.1. The summed E-state index contributed by atoms with van der Waals surface area (Å²) in [6.07, 6.45) is 2.34. The van der Waals surface area contributed by atoms with Crippen molar-refractivity contribution in [2.75, 3.05) is 6.54 Å². The molecule has 5 nitrogen and oxygen atoms in total. The third-order valence-corrected chi connectivity index (χ3v) is 5.03. The van der Waals surface area contributed by atoms with E-state index in [0.29, 0.717) is 12.2 Å². The first-order valence-electron chi connectivity index (χ1n) is 9.04. The third kappa shape index (κ3) is 3.25. The van der Waals surface area contributed by atoms with E-state index in [1.54, 1.807) is 0 Å². The summed E-state index contributed by atoms with van der Waals surface area (Å²) >= 11 is 0. The van der Waals surface area contributed by atoms with Gasteiger partial charge in [-0.05, 0) is 30.9 Å². The molecule has 5 heteroatoms. The van der Waals surface area contributed by atoms with Crippen LogP contribution in [0, 0.1) is 6.92 Å². The minimum absolute atomic E-state index is 0.0171. The van der Waals surface area contributed by atoms with E-state index in [-0.39, 0.29) is 11.9 Å². The number of aryl methyl sites for hydroxylation is 1. The fraction of sp³-hybridized carbons (Fsp3) is 0.286. The molecule has 1 aliphatic rings. The summed E-state index contributed by atoms with van der Waals surface area (Å²) in [4.78, 5) is 19.5. The zero-order chi connectivity index (χ0) is 17.9. The van der Waals surface area contributed by atoms with Crippen molar-refractivity contribution < 1.29 is 4.79 Å². The summed E-state index contributed by atoms with van der Waals surface area (Å²) < 4.78 is 0. The lowest BCUT2D eigenvalue weighted by molar-refractivity contribution is -0.131. The molecule has 0 bridgehead atoms. The third-order valence-electron chi connectivity index (χ3n) is 5.03. The largest absolute Gasteiger partial charge is 0.332 e. The summed E-state index contributed by atoms with van der Waals surface area (Å²) in [6, 6.07) is 17.9. The molecule has 1 aliphatic heterocycles. The van der Waals surface area contributed by atoms with E-state index in [4.69, 9.17) is 0 Å². The fourth-order valence-electron chi connectivity index (χ4n) is 3.56. The second-order valence-electron chi connectivity index (χ2n) is 6.76. The van der Waals surface area contributed by atoms with Gasteiger partial charge >= 0.3 is 0 Å². The summed E-state index contributed by atoms with van der Waals surface area (Å²) in [5, 5.41) is 7.40. The van der Waals surface area contributed by atoms with E-state index in [2.05, 4.69) is 15.2 Å². The Bertz CT molecular complexity index is 903. The number of carbonyl (C=O) groups is 1. The van der Waals surface area contributed by atoms with Crippen molar-refractivity contribution in [3.63, 3.8) is 0 Å². The number of likely N-dealkylation sites (tertiary alicyclic amines) is 1. The van der Waals surface area contributed by atoms with Crippen molar-refractivity contribution in [2.45, 2.75) is 32.2 Å². The van der Waals surface area contributed by atoms with E-state index in [1.165, 1.54) is 0 Å². The van der Waals surface area contributed by atoms with E-state index in [9.17, 15) is 4.79 Å². The highest BCUT2D eigenvalue weighted by atomic mass is 16.2. The lowest BCUT2D eigenvalue weighted by Gasteiger charge is -2.23. The first kappa shape index (κ1) is 16.5. The van der Waals surface area contributed by atoms with E-state index < -0.39 is 0 Å². The van der Waals surface area contributed by atoms with Crippen LogP contribution < -0.4 is 0 Å². The molecule has 1 aromatic heterocycles. The number of carbonyl (C=O) groups excluding carboxylic acids is 1. The first-order chi connectivity index (χ1) is 12.7. The molecular formula is C21H22N4O. The Labute approximate surface area is 153 Å². The zero-order valence-electron chi connectivity index (χ0n) is 14.9. The van der Waals surface area contributed by atoms with Gasteiger partial charge in [0.25, 0.3) is 0 Å². The van der Waals surface area contributed by atoms with Crippen LogP contribution in [0.3, 0.4) is 0 Å². The van der Waals surface area contributed by atoms with Gasteiger partial charge in [-0.25, -0.2) is 4.98 Å². The van der Waals surface area contributed by atoms with Gasteiger partial charge in [0, 0.05) is 12.1 Å². The monoisotopic (exact) mass is 346 g/mol. The predicted octanol–water partition coefficient (Wildman–Crippen LogP) is 3.69. The van der Waals surface area contributed by atoms with Crippen molar-refractivity contribution in [3.05, 3.63) is 71.5 Å². The zero-order valence-corrected chi connectivity index (χ0v) is 14.9. The average Bonchev–Trinajstić information content (AvgIpc) is 3.33. The maximum Gasteiger partial charge on any atom is 0.227 e. The first-order valence-corrected chi connectivity index (χ1v) is 9.04. The average molecular weight is 346 g/mol. The topological polar surface area (TPSA) is 61.9 Å². The number of rotatable bonds is 4. The number of H-pyrrole nitrogens is 1. The molecule has 0 radical (unpaired) electrons. The number of hydrogen-bond acceptors (Lipinski definition) is 3. The van der Waals surface area contributed by atoms with Gasteiger partial charge in [-0.3, -0.25) is 9.89 Å². The molecule has 2 heterocycles. The van der Waals surface area contributed by atoms with Gasteiger partial charge in [-0.15, -0.1) is 0 Å². The van der Waals surface area contributed by atoms with Crippen LogP contribution in [0.1, 0.15) is 35.8 Å². The molecule has 132 valence electrons. The van der Waals surface area contributed by atoms with Crippen LogP contribution in [-0.4, -0.2) is 32.5 Å². The molecular weight excluding hydrogens is 324 g/mol. The molecule has 1 N–H and O–H groups in total. The Hall–Kier alpha value is -2.95. The van der Waals surface area contributed by atoms with Crippen LogP contribution in [0.15, 0.2) is 54.6 Å². The molecule has 2 aromatic carbocycles. The standard InChI is InChI=1S/C21H22N4O/c1-15-8-5-6-11-17(15)14-19(26)25-13-7-12-18(25)21-22-20(23-24-21)16-9-3-2-4-10-16/h2-6,8-11,18H,7,12-14H2,1H3,(H,22,23,24). The molecule has 0 saturated carbocycles. The van der Waals surface area contributed by atoms with Crippen molar-refractivity contribution in [1.29, 1.82) is 0 Å². The molecule has 4 rings (SSSR count). The molecule has 26 heavy (non-hydrogen) atoms. The van der Waals surface area contributed by atoms with Crippen molar-refractivity contribution in [2.24, 2.45) is 0 Å². The summed E-state index contributed by atoms with van der Waals surface area (Å²) in [5.74, 6) is 1.61. The number of nitrogens with zero attached hydrogens (tertiary/aromatic N) is 3. The second-order valence-corrected chi connectivity index (χ2v) is 6.76. The fourth-order valence-corrected chi connectivity index (χ4v) is 3.56. The summed E-state index contributed by atoms with van der Waals surface area (Å²) in [7, 11) is 0. The van der Waals surface area contributed by atoms with E-state index in [1.807, 2.05) is 66.4 Å². The SMILES string of the molecule is Cc1ccccc1CC(=O)N1CCCC1c1nc(-c2ccccc2)n[nH]1. The normalized spacial score (nSPS) is 16.8. The number of hydrogen-bond donors (Lipinski definition) is 1. The summed E-state index contributed by atoms with van der Waals surface area (Å²) in [5.41, 5.74) is 3.22. The van der Waals surface area contributed by atoms with E-state index >= 15 is 0 Å². The lowest BCUT2D eigenvalue weighted by Crippen LogP contribution is -2.32. The second kappa shape index (κ2) is 7.12. The Morgan fingerprint density at radius 1 is 1.15 bits per heavy atom. The van der Waals surface area contributed by atoms with Crippen molar-refractivity contribution in [3.8, 4) is 11.4 Å². The maximum absolute atomic E-state index is 12.9. The maximum atomic E-state index is 12.9. The molecule has 0 spiro atoms. The van der Waals surface area contributed by atoms with Crippen molar-refractivity contribution in [1.82, 2.24) is 20.1 Å². The van der Waals surface area contributed by atoms with Gasteiger partial charge in [-0.2, -0.15) is 5.10 Å². The van der Waals surface area contributed by atoms with Crippen LogP contribution in [0.25, 0.3) is 11.4 Å². The minimum Gasteiger partial charge on any atom is -0.332 e. The van der Waals surface area contributed by atoms with Crippen LogP contribution in [-0.2, 0) is 11.2 Å². The van der Waals surface area contributed by atoms with Crippen LogP contribution in [0.5, 0.6) is 0 Å². The van der Waals surface area contributed by atoms with Crippen molar-refractivity contribution >= 4 is 5.91 Å². The van der Waals surface area contributed by atoms with Crippen LogP contribution in [0.4, 0.5) is 0 Å². The highest BCUT2D eigenvalue weighted by Gasteiger charge is 2.32. The number of aromatic nitrogens is 3. The minimum atomic E-state index is -0.0171. The molecule has 1 amide bonds. The van der Waals surface area contributed by atoms with E-state index in [0.717, 1.165) is 41.9 Å². The number of benzene rings is 2. The Morgan fingerprint density at radius 3 is 2.73 bits per heavy atom. The smallest absolute Gasteiger partial charge is 0.227 e. The number of nitrogens with one attached hydrogen (secondary N) is 1. The van der Waals surface area contributed by atoms with Gasteiger partial charge in [0.1, 0.15) is 5.82 Å². The van der Waals surface area contributed by atoms with Crippen LogP contribution in [0.2, 0.25) is 0 Å². The highest BCUT2D eigenvalue weighted by molar-refractivity contribution is 5.79. The van der Waals surface area contributed by atoms with Gasteiger partial charge in [0.05, 0.1) is 12.5 Å². The molecule has 1 unspecified atom stereocenters. The van der Waals surface area contributed by atoms with Gasteiger partial charge < -0.3 is 4.90 Å². The Morgan fingerprint density at radius 2 is 1.92 bits per heavy atom. The van der Waals surface area contributed by atoms with Gasteiger partial charge in [-0.1, -0.05) is 54.6 Å². The highest BCUT2D eigenvalue weighted by Crippen LogP contribution is 2.31. The molecule has 1 fully saturated rings. The number of aromatic amines is 1.